The van der Waals surface area contributed by atoms with Crippen LogP contribution in [0.4, 0.5) is 16.0 Å². The maximum atomic E-state index is 14.9. The zero-order chi connectivity index (χ0) is 27.1. The Kier molecular flexibility index (Phi) is 5.96. The van der Waals surface area contributed by atoms with Crippen LogP contribution in [0.25, 0.3) is 28.4 Å². The molecule has 0 aliphatic carbocycles. The van der Waals surface area contributed by atoms with Crippen LogP contribution in [0, 0.1) is 5.82 Å². The van der Waals surface area contributed by atoms with Crippen molar-refractivity contribution in [1.82, 2.24) is 49.4 Å². The molecule has 3 N–H and O–H groups in total. The smallest absolute Gasteiger partial charge is 0.225 e. The molecule has 5 aromatic heterocycles. The van der Waals surface area contributed by atoms with Crippen molar-refractivity contribution in [3.63, 3.8) is 0 Å². The number of piperazine rings is 1. The SMILES string of the molecule is Nc1nc2c(ncn2CCN2CCN(c3ccc(OCc4cn[nH]n4)cc3F)CC2)c2nc(-c3ccco3)nn12. The van der Waals surface area contributed by atoms with E-state index in [4.69, 9.17) is 14.9 Å². The summed E-state index contributed by atoms with van der Waals surface area (Å²) in [6, 6.07) is 8.51. The number of aromatic amines is 1. The van der Waals surface area contributed by atoms with Crippen LogP contribution < -0.4 is 15.4 Å². The number of aromatic nitrogens is 9. The third-order valence-electron chi connectivity index (χ3n) is 6.95. The maximum absolute atomic E-state index is 14.9. The first kappa shape index (κ1) is 24.0. The van der Waals surface area contributed by atoms with Gasteiger partial charge in [0.1, 0.15) is 23.9 Å². The van der Waals surface area contributed by atoms with Gasteiger partial charge in [0.25, 0.3) is 0 Å². The van der Waals surface area contributed by atoms with Crippen LogP contribution in [-0.2, 0) is 13.2 Å². The average molecular weight is 545 g/mol. The first-order valence-corrected chi connectivity index (χ1v) is 12.8. The molecule has 1 aromatic carbocycles. The number of nitrogens with two attached hydrogens (primary N) is 1. The molecule has 40 heavy (non-hydrogen) atoms. The van der Waals surface area contributed by atoms with Gasteiger partial charge in [0, 0.05) is 45.3 Å². The van der Waals surface area contributed by atoms with Gasteiger partial charge in [0.05, 0.1) is 24.5 Å². The molecule has 0 saturated carbocycles. The van der Waals surface area contributed by atoms with E-state index in [1.165, 1.54) is 10.6 Å². The number of nitrogens with one attached hydrogen (secondary N) is 1. The van der Waals surface area contributed by atoms with Crippen LogP contribution in [0.5, 0.6) is 5.75 Å². The summed E-state index contributed by atoms with van der Waals surface area (Å²) in [6.07, 6.45) is 4.88. The fourth-order valence-electron chi connectivity index (χ4n) is 4.85. The predicted molar refractivity (Wildman–Crippen MR) is 142 cm³/mol. The summed E-state index contributed by atoms with van der Waals surface area (Å²) >= 11 is 0. The van der Waals surface area contributed by atoms with E-state index in [1.54, 1.807) is 43.1 Å². The molecule has 7 rings (SSSR count). The molecular weight excluding hydrogens is 519 g/mol. The molecule has 1 saturated heterocycles. The molecule has 6 heterocycles. The van der Waals surface area contributed by atoms with Crippen LogP contribution >= 0.6 is 0 Å². The Bertz CT molecular complexity index is 1750. The van der Waals surface area contributed by atoms with Crippen LogP contribution in [0.1, 0.15) is 5.69 Å². The van der Waals surface area contributed by atoms with Crippen LogP contribution in [0.15, 0.2) is 53.5 Å². The van der Waals surface area contributed by atoms with E-state index >= 15 is 0 Å². The first-order valence-electron chi connectivity index (χ1n) is 12.8. The molecule has 0 bridgehead atoms. The van der Waals surface area contributed by atoms with Crippen molar-refractivity contribution in [3.05, 3.63) is 60.6 Å². The number of furan rings is 1. The van der Waals surface area contributed by atoms with Gasteiger partial charge in [0.15, 0.2) is 22.6 Å². The summed E-state index contributed by atoms with van der Waals surface area (Å²) in [6.45, 7) is 4.69. The van der Waals surface area contributed by atoms with Gasteiger partial charge in [-0.2, -0.15) is 24.9 Å². The number of anilines is 2. The van der Waals surface area contributed by atoms with Gasteiger partial charge in [-0.25, -0.2) is 14.4 Å². The fraction of sp³-hybridized carbons (Fsp3) is 0.280. The van der Waals surface area contributed by atoms with E-state index in [9.17, 15) is 4.39 Å². The lowest BCUT2D eigenvalue weighted by Gasteiger charge is -2.36. The standard InChI is InChI=1S/C25H25FN12O2/c26-18-12-17(40-14-16-13-29-34-32-16)3-4-19(18)36-8-5-35(6-9-36)7-10-37-15-28-21-23(37)31-25(27)38-24(21)30-22(33-38)20-2-1-11-39-20/h1-4,11-13,15H,5-10,14H2,(H2,27,31)(H,29,32,34). The number of benzene rings is 1. The van der Waals surface area contributed by atoms with E-state index in [0.717, 1.165) is 19.6 Å². The van der Waals surface area contributed by atoms with Gasteiger partial charge in [-0.05, 0) is 24.3 Å². The van der Waals surface area contributed by atoms with Crippen LogP contribution in [0.2, 0.25) is 0 Å². The highest BCUT2D eigenvalue weighted by molar-refractivity contribution is 5.87. The highest BCUT2D eigenvalue weighted by atomic mass is 19.1. The van der Waals surface area contributed by atoms with Gasteiger partial charge in [-0.15, -0.1) is 5.10 Å². The Morgan fingerprint density at radius 1 is 1.07 bits per heavy atom. The van der Waals surface area contributed by atoms with Crippen molar-refractivity contribution in [1.29, 1.82) is 0 Å². The molecular formula is C25H25FN12O2. The largest absolute Gasteiger partial charge is 0.487 e. The second-order valence-electron chi connectivity index (χ2n) is 9.42. The lowest BCUT2D eigenvalue weighted by Crippen LogP contribution is -2.47. The third-order valence-corrected chi connectivity index (χ3v) is 6.95. The summed E-state index contributed by atoms with van der Waals surface area (Å²) in [5.74, 6) is 1.32. The maximum Gasteiger partial charge on any atom is 0.225 e. The summed E-state index contributed by atoms with van der Waals surface area (Å²) in [4.78, 5) is 18.1. The molecule has 0 amide bonds. The molecule has 0 spiro atoms. The predicted octanol–water partition coefficient (Wildman–Crippen LogP) is 1.97. The second kappa shape index (κ2) is 9.92. The summed E-state index contributed by atoms with van der Waals surface area (Å²) in [5.41, 5.74) is 9.21. The van der Waals surface area contributed by atoms with Crippen LogP contribution in [0.3, 0.4) is 0 Å². The lowest BCUT2D eigenvalue weighted by atomic mass is 10.2. The Morgan fingerprint density at radius 2 is 1.98 bits per heavy atom. The Labute approximate surface area is 226 Å². The molecule has 6 aromatic rings. The molecule has 204 valence electrons. The van der Waals surface area contributed by atoms with E-state index in [2.05, 4.69) is 45.3 Å². The minimum Gasteiger partial charge on any atom is -0.487 e. The number of fused-ring (bicyclic) bond motifs is 3. The van der Waals surface area contributed by atoms with E-state index < -0.39 is 0 Å². The quantitative estimate of drug-likeness (QED) is 0.289. The zero-order valence-corrected chi connectivity index (χ0v) is 21.3. The normalized spacial score (nSPS) is 14.5. The topological polar surface area (TPSA) is 157 Å². The third kappa shape index (κ3) is 4.45. The average Bonchev–Trinajstić information content (AvgIpc) is 3.78. The number of nitrogens with zero attached hydrogens (tertiary/aromatic N) is 10. The summed E-state index contributed by atoms with van der Waals surface area (Å²) in [7, 11) is 0. The zero-order valence-electron chi connectivity index (χ0n) is 21.3. The number of rotatable bonds is 8. The fourth-order valence-corrected chi connectivity index (χ4v) is 4.85. The molecule has 1 aliphatic rings. The van der Waals surface area contributed by atoms with Gasteiger partial charge in [-0.3, -0.25) is 4.90 Å². The molecule has 0 unspecified atom stereocenters. The number of ether oxygens (including phenoxy) is 1. The minimum absolute atomic E-state index is 0.220. The Morgan fingerprint density at radius 3 is 2.75 bits per heavy atom. The van der Waals surface area contributed by atoms with Gasteiger partial charge < -0.3 is 24.4 Å². The molecule has 1 fully saturated rings. The highest BCUT2D eigenvalue weighted by Gasteiger charge is 2.21. The summed E-state index contributed by atoms with van der Waals surface area (Å²) < 4.78 is 29.4. The van der Waals surface area contributed by atoms with E-state index in [0.29, 0.717) is 65.2 Å². The highest BCUT2D eigenvalue weighted by Crippen LogP contribution is 2.26. The first-order chi connectivity index (χ1) is 19.6. The van der Waals surface area contributed by atoms with Gasteiger partial charge in [0.2, 0.25) is 11.8 Å². The lowest BCUT2D eigenvalue weighted by molar-refractivity contribution is 0.248. The molecule has 0 atom stereocenters. The minimum atomic E-state index is -0.311. The summed E-state index contributed by atoms with van der Waals surface area (Å²) in [5, 5.41) is 14.6. The number of hydrogen-bond acceptors (Lipinski definition) is 11. The molecule has 15 heteroatoms. The van der Waals surface area contributed by atoms with Crippen molar-refractivity contribution in [2.45, 2.75) is 13.2 Å². The van der Waals surface area contributed by atoms with Crippen molar-refractivity contribution >= 4 is 28.4 Å². The molecule has 14 nitrogen and oxygen atoms in total. The number of imidazole rings is 1. The van der Waals surface area contributed by atoms with Crippen molar-refractivity contribution in [3.8, 4) is 17.3 Å². The Balaban J connectivity index is 0.984. The van der Waals surface area contributed by atoms with Crippen LogP contribution in [-0.4, -0.2) is 82.2 Å². The number of hydrogen-bond donors (Lipinski definition) is 2. The second-order valence-corrected chi connectivity index (χ2v) is 9.42. The van der Waals surface area contributed by atoms with Gasteiger partial charge >= 0.3 is 0 Å². The number of nitrogen functional groups attached to an aromatic ring is 1. The van der Waals surface area contributed by atoms with Crippen molar-refractivity contribution in [2.24, 2.45) is 0 Å². The van der Waals surface area contributed by atoms with E-state index in [1.807, 2.05) is 4.57 Å². The van der Waals surface area contributed by atoms with Crippen molar-refractivity contribution in [2.75, 3.05) is 43.4 Å². The Hall–Kier alpha value is -5.05. The van der Waals surface area contributed by atoms with E-state index in [-0.39, 0.29) is 18.4 Å². The van der Waals surface area contributed by atoms with Crippen molar-refractivity contribution < 1.29 is 13.5 Å². The number of halogens is 1. The molecule has 1 aliphatic heterocycles. The molecule has 0 radical (unpaired) electrons. The monoisotopic (exact) mass is 544 g/mol. The number of H-pyrrole nitrogens is 1. The van der Waals surface area contributed by atoms with Gasteiger partial charge in [-0.1, -0.05) is 0 Å².